The number of ether oxygens (including phenoxy) is 2. The second-order valence-electron chi connectivity index (χ2n) is 6.67. The third-order valence-corrected chi connectivity index (χ3v) is 4.85. The number of esters is 1. The lowest BCUT2D eigenvalue weighted by Crippen LogP contribution is -2.48. The lowest BCUT2D eigenvalue weighted by molar-refractivity contribution is -0.183. The molecular weight excluding hydrogens is 244 g/mol. The Morgan fingerprint density at radius 2 is 2.21 bits per heavy atom. The van der Waals surface area contributed by atoms with Gasteiger partial charge in [0.1, 0.15) is 18.3 Å². The fourth-order valence-electron chi connectivity index (χ4n) is 2.66. The zero-order valence-corrected chi connectivity index (χ0v) is 12.3. The molecular formula is C15H24O4. The van der Waals surface area contributed by atoms with E-state index in [1.165, 1.54) is 0 Å². The van der Waals surface area contributed by atoms with Crippen molar-refractivity contribution in [3.8, 4) is 0 Å². The predicted molar refractivity (Wildman–Crippen MR) is 70.7 cm³/mol. The Bertz CT molecular complexity index is 388. The van der Waals surface area contributed by atoms with Gasteiger partial charge in [0.25, 0.3) is 0 Å². The summed E-state index contributed by atoms with van der Waals surface area (Å²) in [6.07, 6.45) is 2.68. The molecule has 1 aliphatic carbocycles. The molecule has 2 bridgehead atoms. The highest BCUT2D eigenvalue weighted by Gasteiger charge is 2.49. The SMILES string of the molecule is CCC(C)(C)C(=O)OC1CC2CCC1(C)OCC2=O. The van der Waals surface area contributed by atoms with Gasteiger partial charge in [0.15, 0.2) is 5.78 Å². The van der Waals surface area contributed by atoms with Crippen molar-refractivity contribution in [3.63, 3.8) is 0 Å². The van der Waals surface area contributed by atoms with Gasteiger partial charge in [-0.1, -0.05) is 6.92 Å². The number of carbonyl (C=O) groups excluding carboxylic acids is 2. The van der Waals surface area contributed by atoms with Crippen LogP contribution in [0.1, 0.15) is 53.4 Å². The van der Waals surface area contributed by atoms with E-state index >= 15 is 0 Å². The van der Waals surface area contributed by atoms with Gasteiger partial charge < -0.3 is 9.47 Å². The number of hydrogen-bond acceptors (Lipinski definition) is 4. The van der Waals surface area contributed by atoms with Crippen molar-refractivity contribution < 1.29 is 19.1 Å². The molecule has 3 rings (SSSR count). The maximum atomic E-state index is 12.2. The van der Waals surface area contributed by atoms with Gasteiger partial charge >= 0.3 is 5.97 Å². The van der Waals surface area contributed by atoms with Crippen LogP contribution in [0.3, 0.4) is 0 Å². The van der Waals surface area contributed by atoms with Gasteiger partial charge in [-0.15, -0.1) is 0 Å². The average Bonchev–Trinajstić information content (AvgIpc) is 2.58. The minimum Gasteiger partial charge on any atom is -0.459 e. The number of fused-ring (bicyclic) bond motifs is 4. The Kier molecular flexibility index (Phi) is 3.74. The Morgan fingerprint density at radius 3 is 2.84 bits per heavy atom. The molecule has 4 nitrogen and oxygen atoms in total. The molecule has 3 atom stereocenters. The van der Waals surface area contributed by atoms with Crippen molar-refractivity contribution in [2.75, 3.05) is 6.61 Å². The van der Waals surface area contributed by atoms with Gasteiger partial charge in [0, 0.05) is 5.92 Å². The molecule has 2 saturated heterocycles. The van der Waals surface area contributed by atoms with Crippen LogP contribution in [0, 0.1) is 11.3 Å². The van der Waals surface area contributed by atoms with Gasteiger partial charge in [0.05, 0.1) is 5.41 Å². The highest BCUT2D eigenvalue weighted by molar-refractivity contribution is 5.83. The highest BCUT2D eigenvalue weighted by atomic mass is 16.6. The van der Waals surface area contributed by atoms with Crippen molar-refractivity contribution in [2.45, 2.75) is 65.1 Å². The van der Waals surface area contributed by atoms with Gasteiger partial charge in [-0.3, -0.25) is 9.59 Å². The molecule has 0 radical (unpaired) electrons. The molecule has 3 aliphatic rings. The third kappa shape index (κ3) is 2.69. The molecule has 2 heterocycles. The van der Waals surface area contributed by atoms with Crippen molar-refractivity contribution in [1.82, 2.24) is 0 Å². The summed E-state index contributed by atoms with van der Waals surface area (Å²) in [5.41, 5.74) is -0.978. The molecule has 0 aromatic carbocycles. The molecule has 0 spiro atoms. The maximum absolute atomic E-state index is 12.2. The van der Waals surface area contributed by atoms with Crippen LogP contribution < -0.4 is 0 Å². The largest absolute Gasteiger partial charge is 0.459 e. The molecule has 2 aliphatic heterocycles. The van der Waals surface area contributed by atoms with Crippen molar-refractivity contribution >= 4 is 11.8 Å². The standard InChI is InChI=1S/C15H24O4/c1-5-14(2,3)13(17)19-12-8-10-6-7-15(12,4)18-9-11(10)16/h10,12H,5-9H2,1-4H3. The number of Topliss-reactive ketones (excluding diaryl/α,β-unsaturated/α-hetero) is 1. The van der Waals surface area contributed by atoms with E-state index in [2.05, 4.69) is 0 Å². The fourth-order valence-corrected chi connectivity index (χ4v) is 2.66. The van der Waals surface area contributed by atoms with E-state index in [0.29, 0.717) is 6.42 Å². The summed E-state index contributed by atoms with van der Waals surface area (Å²) in [5.74, 6) is -0.0417. The average molecular weight is 268 g/mol. The Labute approximate surface area is 114 Å². The first-order chi connectivity index (χ1) is 8.78. The van der Waals surface area contributed by atoms with Crippen molar-refractivity contribution in [2.24, 2.45) is 11.3 Å². The van der Waals surface area contributed by atoms with Crippen molar-refractivity contribution in [1.29, 1.82) is 0 Å². The molecule has 3 unspecified atom stereocenters. The number of carbonyl (C=O) groups is 2. The summed E-state index contributed by atoms with van der Waals surface area (Å²) in [7, 11) is 0. The van der Waals surface area contributed by atoms with E-state index in [1.54, 1.807) is 0 Å². The third-order valence-electron chi connectivity index (χ3n) is 4.85. The topological polar surface area (TPSA) is 52.6 Å². The molecule has 0 amide bonds. The van der Waals surface area contributed by atoms with Crippen LogP contribution in [0.5, 0.6) is 0 Å². The normalized spacial score (nSPS) is 35.1. The van der Waals surface area contributed by atoms with E-state index < -0.39 is 11.0 Å². The summed E-state index contributed by atoms with van der Waals surface area (Å²) < 4.78 is 11.4. The Balaban J connectivity index is 2.12. The molecule has 4 heteroatoms. The van der Waals surface area contributed by atoms with Crippen LogP contribution in [-0.4, -0.2) is 30.1 Å². The van der Waals surface area contributed by atoms with Crippen LogP contribution in [0.15, 0.2) is 0 Å². The monoisotopic (exact) mass is 268 g/mol. The summed E-state index contributed by atoms with van der Waals surface area (Å²) in [6, 6.07) is 0. The highest BCUT2D eigenvalue weighted by Crippen LogP contribution is 2.41. The Morgan fingerprint density at radius 1 is 1.53 bits per heavy atom. The van der Waals surface area contributed by atoms with Crippen LogP contribution in [-0.2, 0) is 19.1 Å². The zero-order chi connectivity index (χ0) is 14.3. The predicted octanol–water partition coefficient (Wildman–Crippen LogP) is 2.49. The first-order valence-electron chi connectivity index (χ1n) is 7.16. The number of ketones is 1. The zero-order valence-electron chi connectivity index (χ0n) is 12.3. The minimum atomic E-state index is -0.498. The second kappa shape index (κ2) is 4.89. The van der Waals surface area contributed by atoms with Gasteiger partial charge in [-0.25, -0.2) is 0 Å². The van der Waals surface area contributed by atoms with Crippen LogP contribution in [0.25, 0.3) is 0 Å². The quantitative estimate of drug-likeness (QED) is 0.738. The molecule has 108 valence electrons. The Hall–Kier alpha value is -0.900. The first kappa shape index (κ1) is 14.5. The van der Waals surface area contributed by atoms with Gasteiger partial charge in [-0.2, -0.15) is 0 Å². The van der Waals surface area contributed by atoms with Crippen LogP contribution in [0.4, 0.5) is 0 Å². The van der Waals surface area contributed by atoms with E-state index in [9.17, 15) is 9.59 Å². The fraction of sp³-hybridized carbons (Fsp3) is 0.867. The lowest BCUT2D eigenvalue weighted by Gasteiger charge is -2.40. The van der Waals surface area contributed by atoms with Crippen LogP contribution >= 0.6 is 0 Å². The molecule has 0 N–H and O–H groups in total. The van der Waals surface area contributed by atoms with Crippen LogP contribution in [0.2, 0.25) is 0 Å². The van der Waals surface area contributed by atoms with Gasteiger partial charge in [-0.05, 0) is 46.5 Å². The first-order valence-corrected chi connectivity index (χ1v) is 7.16. The smallest absolute Gasteiger partial charge is 0.311 e. The van der Waals surface area contributed by atoms with E-state index in [1.807, 2.05) is 27.7 Å². The number of hydrogen-bond donors (Lipinski definition) is 0. The van der Waals surface area contributed by atoms with E-state index in [-0.39, 0.29) is 30.4 Å². The van der Waals surface area contributed by atoms with Gasteiger partial charge in [0.2, 0.25) is 0 Å². The summed E-state index contributed by atoms with van der Waals surface area (Å²) >= 11 is 0. The summed E-state index contributed by atoms with van der Waals surface area (Å²) in [6.45, 7) is 7.87. The molecule has 19 heavy (non-hydrogen) atoms. The summed E-state index contributed by atoms with van der Waals surface area (Å²) in [4.78, 5) is 24.0. The van der Waals surface area contributed by atoms with E-state index in [4.69, 9.17) is 9.47 Å². The molecule has 3 fully saturated rings. The molecule has 0 aromatic heterocycles. The summed E-state index contributed by atoms with van der Waals surface area (Å²) in [5, 5.41) is 0. The van der Waals surface area contributed by atoms with E-state index in [0.717, 1.165) is 19.3 Å². The second-order valence-corrected chi connectivity index (χ2v) is 6.67. The van der Waals surface area contributed by atoms with Crippen molar-refractivity contribution in [3.05, 3.63) is 0 Å². The number of rotatable bonds is 3. The molecule has 0 aromatic rings. The maximum Gasteiger partial charge on any atom is 0.311 e. The lowest BCUT2D eigenvalue weighted by atomic mass is 9.77. The minimum absolute atomic E-state index is 0.00175. The molecule has 1 saturated carbocycles.